The van der Waals surface area contributed by atoms with Crippen molar-refractivity contribution in [3.63, 3.8) is 0 Å². The minimum absolute atomic E-state index is 0.0103. The Morgan fingerprint density at radius 2 is 1.74 bits per heavy atom. The van der Waals surface area contributed by atoms with Gasteiger partial charge in [0.25, 0.3) is 0 Å². The molecule has 39 heavy (non-hydrogen) atoms. The quantitative estimate of drug-likeness (QED) is 0.0535. The van der Waals surface area contributed by atoms with Gasteiger partial charge in [0.1, 0.15) is 0 Å². The molecule has 6 N–H and O–H groups in total. The van der Waals surface area contributed by atoms with Crippen LogP contribution in [0.5, 0.6) is 0 Å². The first-order valence-electron chi connectivity index (χ1n) is 12.3. The molecule has 0 radical (unpaired) electrons. The van der Waals surface area contributed by atoms with E-state index in [4.69, 9.17) is 16.9 Å². The largest absolute Gasteiger partial charge is 0.399 e. The summed E-state index contributed by atoms with van der Waals surface area (Å²) in [6.07, 6.45) is 0.881. The van der Waals surface area contributed by atoms with Crippen molar-refractivity contribution >= 4 is 22.8 Å². The van der Waals surface area contributed by atoms with Gasteiger partial charge in [0, 0.05) is 35.4 Å². The molecule has 0 saturated heterocycles. The minimum atomic E-state index is -4.51. The summed E-state index contributed by atoms with van der Waals surface area (Å²) < 4.78 is 55.4. The zero-order valence-corrected chi connectivity index (χ0v) is 21.4. The van der Waals surface area contributed by atoms with Crippen LogP contribution in [0.25, 0.3) is 11.1 Å². The topological polar surface area (TPSA) is 101 Å². The van der Waals surface area contributed by atoms with Gasteiger partial charge in [-0.25, -0.2) is 0 Å². The second kappa shape index (κ2) is 13.5. The summed E-state index contributed by atoms with van der Waals surface area (Å²) in [6.45, 7) is 4.98. The average Bonchev–Trinajstić information content (AvgIpc) is 2.89. The predicted molar refractivity (Wildman–Crippen MR) is 150 cm³/mol. The predicted octanol–water partition coefficient (Wildman–Crippen LogP) is 6.42. The highest BCUT2D eigenvalue weighted by Crippen LogP contribution is 2.39. The van der Waals surface area contributed by atoms with Crippen molar-refractivity contribution in [2.75, 3.05) is 18.8 Å². The molecule has 0 unspecified atom stereocenters. The molecule has 0 bridgehead atoms. The third-order valence-corrected chi connectivity index (χ3v) is 5.87. The van der Waals surface area contributed by atoms with Crippen molar-refractivity contribution in [1.29, 1.82) is 5.41 Å². The number of aryl methyl sites for hydroxylation is 1. The normalized spacial score (nSPS) is 12.4. The Bertz CT molecular complexity index is 1340. The van der Waals surface area contributed by atoms with Crippen molar-refractivity contribution < 1.29 is 17.6 Å². The summed E-state index contributed by atoms with van der Waals surface area (Å²) in [4.78, 5) is 4.50. The summed E-state index contributed by atoms with van der Waals surface area (Å²) in [5.41, 5.74) is 13.8. The molecular formula is C30H31F4N5. The molecule has 3 aromatic rings. The van der Waals surface area contributed by atoms with E-state index in [1.165, 1.54) is 24.4 Å². The number of rotatable bonds is 12. The lowest BCUT2D eigenvalue weighted by molar-refractivity contribution is -0.122. The van der Waals surface area contributed by atoms with Crippen molar-refractivity contribution in [2.24, 2.45) is 5.73 Å². The Balaban J connectivity index is 1.99. The first-order chi connectivity index (χ1) is 18.5. The number of allylic oxidation sites excluding steroid dienone is 2. The maximum Gasteiger partial charge on any atom is 0.393 e. The average molecular weight is 538 g/mol. The zero-order chi connectivity index (χ0) is 28.4. The van der Waals surface area contributed by atoms with E-state index in [2.05, 4.69) is 16.9 Å². The zero-order valence-electron chi connectivity index (χ0n) is 21.4. The first-order valence-corrected chi connectivity index (χ1v) is 12.3. The van der Waals surface area contributed by atoms with Crippen molar-refractivity contribution in [1.82, 2.24) is 10.3 Å². The van der Waals surface area contributed by atoms with Crippen molar-refractivity contribution in [2.45, 2.75) is 25.4 Å². The maximum atomic E-state index is 13.9. The van der Waals surface area contributed by atoms with E-state index in [-0.39, 0.29) is 22.4 Å². The third kappa shape index (κ3) is 8.93. The third-order valence-electron chi connectivity index (χ3n) is 5.87. The van der Waals surface area contributed by atoms with Crippen LogP contribution in [0.15, 0.2) is 91.3 Å². The molecule has 0 aliphatic rings. The van der Waals surface area contributed by atoms with Gasteiger partial charge in [-0.15, -0.1) is 0 Å². The number of pyridine rings is 1. The fourth-order valence-electron chi connectivity index (χ4n) is 4.10. The van der Waals surface area contributed by atoms with Crippen LogP contribution in [0, 0.1) is 5.41 Å². The molecule has 1 heterocycles. The molecule has 0 atom stereocenters. The molecule has 204 valence electrons. The number of alkyl halides is 3. The molecule has 0 aliphatic carbocycles. The van der Waals surface area contributed by atoms with E-state index in [9.17, 15) is 17.6 Å². The number of anilines is 1. The molecule has 3 rings (SSSR count). The van der Waals surface area contributed by atoms with Crippen LogP contribution in [0.2, 0.25) is 0 Å². The van der Waals surface area contributed by atoms with E-state index in [1.54, 1.807) is 48.5 Å². The molecule has 5 nitrogen and oxygen atoms in total. The van der Waals surface area contributed by atoms with E-state index >= 15 is 0 Å². The molecule has 0 fully saturated rings. The number of nitrogens with zero attached hydrogens (tertiary/aromatic N) is 1. The first kappa shape index (κ1) is 29.3. The van der Waals surface area contributed by atoms with Crippen molar-refractivity contribution in [3.8, 4) is 0 Å². The summed E-state index contributed by atoms with van der Waals surface area (Å²) in [5, 5.41) is 10.7. The standard InChI is InChI=1S/C30H31F4N5/c1-20(35)7-5-15-38-16-6-10-24-13-11-23(19-39-24)28(22-12-14-27(36)25(17-22)29(31)37)26(18-30(32,33)34)21-8-3-2-4-9-21/h2-5,7-9,11-14,17,19,37-38H,1,6,10,15-16,18,35-36H2/b7-5+,28-26-,37-29?. The second-order valence-electron chi connectivity index (χ2n) is 8.95. The molecule has 0 spiro atoms. The summed E-state index contributed by atoms with van der Waals surface area (Å²) in [7, 11) is 0. The van der Waals surface area contributed by atoms with E-state index in [0.29, 0.717) is 35.4 Å². The molecule has 0 saturated carbocycles. The van der Waals surface area contributed by atoms with Crippen LogP contribution < -0.4 is 16.8 Å². The lowest BCUT2D eigenvalue weighted by Crippen LogP contribution is -2.16. The molecule has 1 aromatic heterocycles. The fourth-order valence-corrected chi connectivity index (χ4v) is 4.10. The van der Waals surface area contributed by atoms with E-state index in [0.717, 1.165) is 18.7 Å². The monoisotopic (exact) mass is 537 g/mol. The second-order valence-corrected chi connectivity index (χ2v) is 8.95. The van der Waals surface area contributed by atoms with Gasteiger partial charge in [-0.2, -0.15) is 17.6 Å². The number of nitrogens with one attached hydrogen (secondary N) is 2. The van der Waals surface area contributed by atoms with Gasteiger partial charge in [-0.3, -0.25) is 10.4 Å². The number of aromatic nitrogens is 1. The van der Waals surface area contributed by atoms with Gasteiger partial charge in [0.2, 0.25) is 5.97 Å². The van der Waals surface area contributed by atoms with Gasteiger partial charge in [-0.1, -0.05) is 55.1 Å². The number of nitrogen functional groups attached to an aromatic ring is 1. The van der Waals surface area contributed by atoms with Crippen LogP contribution >= 0.6 is 0 Å². The number of hydrogen-bond donors (Lipinski definition) is 4. The summed E-state index contributed by atoms with van der Waals surface area (Å²) in [5.74, 6) is -1.27. The van der Waals surface area contributed by atoms with Gasteiger partial charge in [0.05, 0.1) is 12.0 Å². The summed E-state index contributed by atoms with van der Waals surface area (Å²) >= 11 is 0. The van der Waals surface area contributed by atoms with Gasteiger partial charge in [0.15, 0.2) is 0 Å². The van der Waals surface area contributed by atoms with Crippen molar-refractivity contribution in [3.05, 3.63) is 119 Å². The SMILES string of the molecule is C=C(N)/C=C/CNCCCc1ccc(/C(=C(/CC(F)(F)F)c2ccccc2)c2ccc(N)c(C(=N)F)c2)cn1. The maximum absolute atomic E-state index is 13.9. The number of benzene rings is 2. The fraction of sp³-hybridized carbons (Fsp3) is 0.200. The van der Waals surface area contributed by atoms with Crippen LogP contribution in [-0.2, 0) is 6.42 Å². The Morgan fingerprint density at radius 1 is 1.03 bits per heavy atom. The van der Waals surface area contributed by atoms with E-state index < -0.39 is 18.6 Å². The highest BCUT2D eigenvalue weighted by Gasteiger charge is 2.31. The molecule has 0 amide bonds. The molecular weight excluding hydrogens is 506 g/mol. The Hall–Kier alpha value is -4.24. The van der Waals surface area contributed by atoms with Crippen LogP contribution in [0.3, 0.4) is 0 Å². The van der Waals surface area contributed by atoms with Crippen LogP contribution in [0.1, 0.15) is 40.8 Å². The highest BCUT2D eigenvalue weighted by molar-refractivity contribution is 6.02. The lowest BCUT2D eigenvalue weighted by atomic mass is 9.87. The van der Waals surface area contributed by atoms with Gasteiger partial charge >= 0.3 is 6.18 Å². The summed E-state index contributed by atoms with van der Waals surface area (Å²) in [6, 6.07) is 16.0. The Morgan fingerprint density at radius 3 is 2.36 bits per heavy atom. The van der Waals surface area contributed by atoms with E-state index in [1.807, 2.05) is 6.08 Å². The van der Waals surface area contributed by atoms with Gasteiger partial charge in [-0.05, 0) is 65.9 Å². The Labute approximate surface area is 225 Å². The van der Waals surface area contributed by atoms with Gasteiger partial charge < -0.3 is 16.8 Å². The molecule has 9 heteroatoms. The number of nitrogens with two attached hydrogens (primary N) is 2. The minimum Gasteiger partial charge on any atom is -0.399 e. The van der Waals surface area contributed by atoms with Crippen LogP contribution in [0.4, 0.5) is 23.2 Å². The van der Waals surface area contributed by atoms with Crippen LogP contribution in [-0.4, -0.2) is 30.2 Å². The highest BCUT2D eigenvalue weighted by atomic mass is 19.4. The smallest absolute Gasteiger partial charge is 0.393 e. The molecule has 2 aromatic carbocycles. The lowest BCUT2D eigenvalue weighted by Gasteiger charge is -2.19. The Kier molecular flexibility index (Phi) is 10.2. The molecule has 0 aliphatic heterocycles. The number of hydrogen-bond acceptors (Lipinski definition) is 5. The number of halogens is 4.